The van der Waals surface area contributed by atoms with Crippen molar-refractivity contribution in [2.24, 2.45) is 0 Å². The zero-order chi connectivity index (χ0) is 4.50. The summed E-state index contributed by atoms with van der Waals surface area (Å²) in [4.78, 5) is 25.6. The summed E-state index contributed by atoms with van der Waals surface area (Å²) in [7, 11) is -5.39. The number of phosphoric acid groups is 1. The molecule has 0 atom stereocenters. The molecule has 0 fully saturated rings. The van der Waals surface area contributed by atoms with Crippen LogP contribution in [0.15, 0.2) is 0 Å². The van der Waals surface area contributed by atoms with Crippen LogP contribution in [0.2, 0.25) is 0 Å². The van der Waals surface area contributed by atoms with Crippen LogP contribution < -0.4 is 33.5 Å². The molecule has 1 radical (unpaired) electrons. The van der Waals surface area contributed by atoms with E-state index < -0.39 is 7.82 Å². The van der Waals surface area contributed by atoms with Gasteiger partial charge in [-0.15, -0.1) is 0 Å². The zero-order valence-electron chi connectivity index (χ0n) is 4.39. The smallest absolute Gasteiger partial charge is 0.822 e. The molecule has 0 aliphatic rings. The second-order valence-corrected chi connectivity index (χ2v) is 1.34. The van der Waals surface area contributed by atoms with E-state index in [1.165, 1.54) is 0 Å². The van der Waals surface area contributed by atoms with Gasteiger partial charge in [-0.25, -0.2) is 0 Å². The minimum atomic E-state index is -5.39. The first-order chi connectivity index (χ1) is 2.00. The molecule has 0 aliphatic heterocycles. The van der Waals surface area contributed by atoms with Crippen molar-refractivity contribution in [2.75, 3.05) is 0 Å². The Labute approximate surface area is 96.7 Å². The molecule has 0 saturated carbocycles. The van der Waals surface area contributed by atoms with Crippen molar-refractivity contribution in [3.63, 3.8) is 0 Å². The van der Waals surface area contributed by atoms with Gasteiger partial charge in [0.15, 0.2) is 0 Å². The van der Waals surface area contributed by atoms with Crippen LogP contribution in [0.25, 0.3) is 0 Å². The van der Waals surface area contributed by atoms with Gasteiger partial charge in [0, 0.05) is 0 Å². The summed E-state index contributed by atoms with van der Waals surface area (Å²) in [5.74, 6) is 0. The Morgan fingerprint density at radius 1 is 1.11 bits per heavy atom. The van der Waals surface area contributed by atoms with Gasteiger partial charge in [0.2, 0.25) is 0 Å². The van der Waals surface area contributed by atoms with Crippen molar-refractivity contribution in [1.82, 2.24) is 0 Å². The Kier molecular flexibility index (Phi) is 43.4. The molecule has 0 heterocycles. The molecule has 0 aliphatic carbocycles. The maximum absolute atomic E-state index is 8.55. The van der Waals surface area contributed by atoms with E-state index in [9.17, 15) is 0 Å². The minimum Gasteiger partial charge on any atom is -0.822 e. The average Bonchev–Trinajstić information content (AvgIpc) is 0.722. The third-order valence-electron chi connectivity index (χ3n) is 0. The van der Waals surface area contributed by atoms with E-state index in [4.69, 9.17) is 19.2 Å². The topological polar surface area (TPSA) is 86.2 Å². The maximum atomic E-state index is 8.55. The third-order valence-corrected chi connectivity index (χ3v) is 0. The van der Waals surface area contributed by atoms with Gasteiger partial charge in [-0.1, -0.05) is 0 Å². The predicted octanol–water partition coefficient (Wildman–Crippen LogP) is -6.21. The minimum absolute atomic E-state index is 0. The SMILES string of the molecule is O=P([O-])([O-])[O-].[Al+3].[Fe+2].[Li+].[Mn+2]. The van der Waals surface area contributed by atoms with E-state index in [-0.39, 0.29) is 70.4 Å². The summed E-state index contributed by atoms with van der Waals surface area (Å²) in [5.41, 5.74) is 0. The maximum Gasteiger partial charge on any atom is 3.00 e. The van der Waals surface area contributed by atoms with Gasteiger partial charge in [-0.3, -0.25) is 0 Å². The molecule has 0 aromatic heterocycles. The Balaban J connectivity index is -0.0000000133. The van der Waals surface area contributed by atoms with Gasteiger partial charge in [-0.05, 0) is 0 Å². The van der Waals surface area contributed by atoms with Crippen molar-refractivity contribution in [3.8, 4) is 0 Å². The number of rotatable bonds is 0. The number of hydrogen-bond acceptors (Lipinski definition) is 4. The number of hydrogen-bond donors (Lipinski definition) is 0. The molecule has 4 nitrogen and oxygen atoms in total. The Hall–Kier alpha value is 2.28. The molecule has 0 rings (SSSR count). The molecular formula is AlFeLiMnO4P+5. The fraction of sp³-hybridized carbons (Fsp3) is 0. The molecular weight excluding hydrogens is 240 g/mol. The van der Waals surface area contributed by atoms with Gasteiger partial charge in [0.25, 0.3) is 0 Å². The molecule has 0 aromatic carbocycles. The molecule has 0 amide bonds. The van der Waals surface area contributed by atoms with Gasteiger partial charge in [0.1, 0.15) is 0 Å². The van der Waals surface area contributed by atoms with Crippen molar-refractivity contribution < 1.29 is 72.2 Å². The Bertz CT molecular complexity index is 66.7. The van der Waals surface area contributed by atoms with Crippen molar-refractivity contribution in [3.05, 3.63) is 0 Å². The molecule has 0 bridgehead atoms. The van der Waals surface area contributed by atoms with Crippen LogP contribution in [0.1, 0.15) is 0 Å². The first-order valence-corrected chi connectivity index (χ1v) is 2.19. The summed E-state index contributed by atoms with van der Waals surface area (Å²) >= 11 is 0. The summed E-state index contributed by atoms with van der Waals surface area (Å²) in [6, 6.07) is 0. The predicted molar refractivity (Wildman–Crippen MR) is 13.4 cm³/mol. The quantitative estimate of drug-likeness (QED) is 0.311. The average molecular weight is 240 g/mol. The van der Waals surface area contributed by atoms with Crippen LogP contribution >= 0.6 is 7.82 Å². The first-order valence-electron chi connectivity index (χ1n) is 0.730. The van der Waals surface area contributed by atoms with Crippen LogP contribution in [0, 0.1) is 0 Å². The van der Waals surface area contributed by atoms with E-state index in [0.717, 1.165) is 0 Å². The van der Waals surface area contributed by atoms with Crippen molar-refractivity contribution >= 4 is 25.2 Å². The van der Waals surface area contributed by atoms with Crippen LogP contribution in [0.3, 0.4) is 0 Å². The second-order valence-electron chi connectivity index (χ2n) is 0.447. The molecule has 0 aromatic rings. The largest absolute Gasteiger partial charge is 3.00 e. The fourth-order valence-electron chi connectivity index (χ4n) is 0. The second kappa shape index (κ2) is 12.9. The summed E-state index contributed by atoms with van der Waals surface area (Å²) < 4.78 is 8.55. The monoisotopic (exact) mass is 240 g/mol. The van der Waals surface area contributed by atoms with E-state index in [2.05, 4.69) is 0 Å². The van der Waals surface area contributed by atoms with E-state index in [1.54, 1.807) is 0 Å². The molecule has 0 spiro atoms. The summed E-state index contributed by atoms with van der Waals surface area (Å²) in [5, 5.41) is 0. The van der Waals surface area contributed by atoms with Crippen LogP contribution in [0.5, 0.6) is 0 Å². The first kappa shape index (κ1) is 30.2. The molecule has 9 heavy (non-hydrogen) atoms. The molecule has 9 heteroatoms. The van der Waals surface area contributed by atoms with Crippen molar-refractivity contribution in [1.29, 1.82) is 0 Å². The molecule has 0 unspecified atom stereocenters. The molecule has 0 saturated heterocycles. The van der Waals surface area contributed by atoms with E-state index in [1.807, 2.05) is 0 Å². The Morgan fingerprint density at radius 2 is 1.11 bits per heavy atom. The summed E-state index contributed by atoms with van der Waals surface area (Å²) in [6.07, 6.45) is 0. The van der Waals surface area contributed by atoms with Gasteiger partial charge >= 0.3 is 70.4 Å². The zero-order valence-corrected chi connectivity index (χ0v) is 8.72. The van der Waals surface area contributed by atoms with Crippen LogP contribution in [-0.2, 0) is 38.7 Å². The van der Waals surface area contributed by atoms with Crippen LogP contribution in [-0.4, -0.2) is 17.4 Å². The molecule has 43 valence electrons. The standard InChI is InChI=1S/Al.Fe.Li.Mn.H3O4P/c;;;;1-5(2,3)4/h;;;;(H3,1,2,3,4)/q+3;+2;+1;+2;/p-3. The summed E-state index contributed by atoms with van der Waals surface area (Å²) in [6.45, 7) is 0. The van der Waals surface area contributed by atoms with Gasteiger partial charge in [-0.2, -0.15) is 7.82 Å². The van der Waals surface area contributed by atoms with Crippen LogP contribution in [0.4, 0.5) is 0 Å². The fourth-order valence-corrected chi connectivity index (χ4v) is 0. The van der Waals surface area contributed by atoms with Gasteiger partial charge < -0.3 is 19.2 Å². The van der Waals surface area contributed by atoms with E-state index >= 15 is 0 Å². The Morgan fingerprint density at radius 3 is 1.11 bits per heavy atom. The molecule has 0 N–H and O–H groups in total. The van der Waals surface area contributed by atoms with E-state index in [0.29, 0.717) is 0 Å². The van der Waals surface area contributed by atoms with Crippen molar-refractivity contribution in [2.45, 2.75) is 0 Å². The van der Waals surface area contributed by atoms with Gasteiger partial charge in [0.05, 0.1) is 0 Å². The third kappa shape index (κ3) is 136. The normalized spacial score (nSPS) is 6.56.